The molecule has 0 aliphatic rings. The molecule has 0 saturated heterocycles. The highest BCUT2D eigenvalue weighted by atomic mass is 32.1. The largest absolute Gasteiger partial charge is 0.330 e. The standard InChI is InChI=1S/C14H16FN3OS/c1-9(7-16)13(19)18-14-17-8-12(20-14)6-10-3-2-4-11(15)5-10/h2-5,8-9H,6-7,16H2,1H3,(H,17,18,19). The van der Waals surface area contributed by atoms with Gasteiger partial charge in [-0.1, -0.05) is 19.1 Å². The fourth-order valence-electron chi connectivity index (χ4n) is 1.63. The lowest BCUT2D eigenvalue weighted by molar-refractivity contribution is -0.119. The predicted molar refractivity (Wildman–Crippen MR) is 78.2 cm³/mol. The smallest absolute Gasteiger partial charge is 0.230 e. The zero-order chi connectivity index (χ0) is 14.5. The van der Waals surface area contributed by atoms with Crippen molar-refractivity contribution >= 4 is 22.4 Å². The highest BCUT2D eigenvalue weighted by Crippen LogP contribution is 2.21. The molecule has 0 fully saturated rings. The number of carbonyl (C=O) groups is 1. The van der Waals surface area contributed by atoms with E-state index in [4.69, 9.17) is 5.73 Å². The number of rotatable bonds is 5. The summed E-state index contributed by atoms with van der Waals surface area (Å²) in [5.74, 6) is -0.637. The van der Waals surface area contributed by atoms with Gasteiger partial charge in [-0.15, -0.1) is 11.3 Å². The first-order valence-corrected chi connectivity index (χ1v) is 7.10. The number of thiazole rings is 1. The van der Waals surface area contributed by atoms with E-state index in [0.717, 1.165) is 10.4 Å². The van der Waals surface area contributed by atoms with Gasteiger partial charge in [-0.25, -0.2) is 9.37 Å². The number of carbonyl (C=O) groups excluding carboxylic acids is 1. The first-order chi connectivity index (χ1) is 9.58. The van der Waals surface area contributed by atoms with E-state index in [1.807, 2.05) is 6.07 Å². The molecular formula is C14H16FN3OS. The molecule has 0 saturated carbocycles. The van der Waals surface area contributed by atoms with Crippen LogP contribution in [-0.2, 0) is 11.2 Å². The van der Waals surface area contributed by atoms with Gasteiger partial charge in [0, 0.05) is 30.0 Å². The van der Waals surface area contributed by atoms with Crippen molar-refractivity contribution in [3.8, 4) is 0 Å². The topological polar surface area (TPSA) is 68.0 Å². The highest BCUT2D eigenvalue weighted by Gasteiger charge is 2.13. The Bertz CT molecular complexity index is 600. The molecule has 1 heterocycles. The van der Waals surface area contributed by atoms with E-state index >= 15 is 0 Å². The first-order valence-electron chi connectivity index (χ1n) is 6.28. The van der Waals surface area contributed by atoms with Gasteiger partial charge in [0.2, 0.25) is 5.91 Å². The zero-order valence-corrected chi connectivity index (χ0v) is 11.9. The number of nitrogens with two attached hydrogens (primary N) is 1. The summed E-state index contributed by atoms with van der Waals surface area (Å²) in [6.07, 6.45) is 2.29. The highest BCUT2D eigenvalue weighted by molar-refractivity contribution is 7.15. The lowest BCUT2D eigenvalue weighted by atomic mass is 10.1. The van der Waals surface area contributed by atoms with Crippen LogP contribution < -0.4 is 11.1 Å². The quantitative estimate of drug-likeness (QED) is 0.889. The molecule has 2 aromatic rings. The number of anilines is 1. The molecule has 1 amide bonds. The van der Waals surface area contributed by atoms with Crippen molar-refractivity contribution in [3.05, 3.63) is 46.7 Å². The second-order valence-electron chi connectivity index (χ2n) is 4.56. The molecule has 1 atom stereocenters. The normalized spacial score (nSPS) is 12.2. The number of hydrogen-bond donors (Lipinski definition) is 2. The van der Waals surface area contributed by atoms with Crippen molar-refractivity contribution in [2.75, 3.05) is 11.9 Å². The van der Waals surface area contributed by atoms with E-state index in [-0.39, 0.29) is 17.6 Å². The lowest BCUT2D eigenvalue weighted by Gasteiger charge is -2.06. The van der Waals surface area contributed by atoms with Crippen molar-refractivity contribution in [1.82, 2.24) is 4.98 Å². The zero-order valence-electron chi connectivity index (χ0n) is 11.1. The third-order valence-electron chi connectivity index (χ3n) is 2.85. The second kappa shape index (κ2) is 6.58. The Kier molecular flexibility index (Phi) is 4.81. The first kappa shape index (κ1) is 14.6. The molecule has 3 N–H and O–H groups in total. The summed E-state index contributed by atoms with van der Waals surface area (Å²) in [4.78, 5) is 16.8. The van der Waals surface area contributed by atoms with Crippen LogP contribution in [0, 0.1) is 11.7 Å². The minimum absolute atomic E-state index is 0.140. The summed E-state index contributed by atoms with van der Waals surface area (Å²) in [5, 5.41) is 3.27. The average Bonchev–Trinajstić information content (AvgIpc) is 2.85. The molecule has 0 aliphatic carbocycles. The maximum absolute atomic E-state index is 13.1. The van der Waals surface area contributed by atoms with Gasteiger partial charge < -0.3 is 11.1 Å². The van der Waals surface area contributed by atoms with Gasteiger partial charge in [-0.3, -0.25) is 4.79 Å². The Labute approximate surface area is 120 Å². The summed E-state index contributed by atoms with van der Waals surface area (Å²) in [6, 6.07) is 6.44. The van der Waals surface area contributed by atoms with Crippen molar-refractivity contribution in [3.63, 3.8) is 0 Å². The molecule has 2 rings (SSSR count). The molecular weight excluding hydrogens is 277 g/mol. The van der Waals surface area contributed by atoms with Gasteiger partial charge >= 0.3 is 0 Å². The number of aromatic nitrogens is 1. The second-order valence-corrected chi connectivity index (χ2v) is 5.68. The van der Waals surface area contributed by atoms with Crippen LogP contribution in [-0.4, -0.2) is 17.4 Å². The third kappa shape index (κ3) is 3.85. The van der Waals surface area contributed by atoms with Gasteiger partial charge in [0.15, 0.2) is 5.13 Å². The Balaban J connectivity index is 2.00. The molecule has 6 heteroatoms. The summed E-state index contributed by atoms with van der Waals surface area (Å²) in [5.41, 5.74) is 6.31. The molecule has 0 bridgehead atoms. The van der Waals surface area contributed by atoms with Crippen LogP contribution in [0.4, 0.5) is 9.52 Å². The van der Waals surface area contributed by atoms with Crippen LogP contribution in [0.2, 0.25) is 0 Å². The van der Waals surface area contributed by atoms with Crippen LogP contribution in [0.15, 0.2) is 30.5 Å². The maximum atomic E-state index is 13.1. The molecule has 0 aliphatic heterocycles. The fraction of sp³-hybridized carbons (Fsp3) is 0.286. The van der Waals surface area contributed by atoms with Crippen LogP contribution in [0.25, 0.3) is 0 Å². The molecule has 1 aromatic carbocycles. The lowest BCUT2D eigenvalue weighted by Crippen LogP contribution is -2.26. The van der Waals surface area contributed by atoms with Gasteiger partial charge in [-0.05, 0) is 17.7 Å². The van der Waals surface area contributed by atoms with E-state index in [1.54, 1.807) is 19.2 Å². The fourth-order valence-corrected chi connectivity index (χ4v) is 2.48. The van der Waals surface area contributed by atoms with Gasteiger partial charge in [0.05, 0.1) is 0 Å². The maximum Gasteiger partial charge on any atom is 0.230 e. The molecule has 1 aromatic heterocycles. The van der Waals surface area contributed by atoms with Crippen molar-refractivity contribution in [2.24, 2.45) is 11.7 Å². The molecule has 4 nitrogen and oxygen atoms in total. The Morgan fingerprint density at radius 3 is 3.05 bits per heavy atom. The Hall–Kier alpha value is -1.79. The van der Waals surface area contributed by atoms with E-state index in [9.17, 15) is 9.18 Å². The third-order valence-corrected chi connectivity index (χ3v) is 3.76. The summed E-state index contributed by atoms with van der Waals surface area (Å²) < 4.78 is 13.1. The summed E-state index contributed by atoms with van der Waals surface area (Å²) in [7, 11) is 0. The van der Waals surface area contributed by atoms with Crippen LogP contribution in [0.1, 0.15) is 17.4 Å². The van der Waals surface area contributed by atoms with Crippen LogP contribution >= 0.6 is 11.3 Å². The number of nitrogens with zero attached hydrogens (tertiary/aromatic N) is 1. The van der Waals surface area contributed by atoms with Crippen LogP contribution in [0.5, 0.6) is 0 Å². The molecule has 0 spiro atoms. The van der Waals surface area contributed by atoms with Crippen LogP contribution in [0.3, 0.4) is 0 Å². The molecule has 20 heavy (non-hydrogen) atoms. The molecule has 106 valence electrons. The number of benzene rings is 1. The Morgan fingerprint density at radius 1 is 1.55 bits per heavy atom. The van der Waals surface area contributed by atoms with E-state index in [0.29, 0.717) is 18.1 Å². The van der Waals surface area contributed by atoms with Gasteiger partial charge in [0.25, 0.3) is 0 Å². The molecule has 1 unspecified atom stereocenters. The van der Waals surface area contributed by atoms with Crippen molar-refractivity contribution in [2.45, 2.75) is 13.3 Å². The SMILES string of the molecule is CC(CN)C(=O)Nc1ncc(Cc2cccc(F)c2)s1. The Morgan fingerprint density at radius 2 is 2.35 bits per heavy atom. The number of nitrogens with one attached hydrogen (secondary N) is 1. The monoisotopic (exact) mass is 293 g/mol. The molecule has 0 radical (unpaired) electrons. The van der Waals surface area contributed by atoms with Gasteiger partial charge in [0.1, 0.15) is 5.82 Å². The van der Waals surface area contributed by atoms with Crippen molar-refractivity contribution in [1.29, 1.82) is 0 Å². The van der Waals surface area contributed by atoms with E-state index in [1.165, 1.54) is 23.5 Å². The van der Waals surface area contributed by atoms with Gasteiger partial charge in [-0.2, -0.15) is 0 Å². The number of hydrogen-bond acceptors (Lipinski definition) is 4. The minimum Gasteiger partial charge on any atom is -0.330 e. The predicted octanol–water partition coefficient (Wildman–Crippen LogP) is 2.41. The number of amides is 1. The number of halogens is 1. The summed E-state index contributed by atoms with van der Waals surface area (Å²) >= 11 is 1.38. The van der Waals surface area contributed by atoms with Crippen molar-refractivity contribution < 1.29 is 9.18 Å². The summed E-state index contributed by atoms with van der Waals surface area (Å²) in [6.45, 7) is 2.06. The average molecular weight is 293 g/mol. The van der Waals surface area contributed by atoms with E-state index < -0.39 is 0 Å². The minimum atomic E-state index is -0.252. The van der Waals surface area contributed by atoms with E-state index in [2.05, 4.69) is 10.3 Å².